The zero-order valence-electron chi connectivity index (χ0n) is 13.4. The van der Waals surface area contributed by atoms with E-state index in [0.717, 1.165) is 23.9 Å². The SMILES string of the molecule is C[CH2][Pb]([CH2]C)([CH2]C)[O]P(=O)(O)[O][Pb]([CH2]C)([CH2]C)[CH2]C. The summed E-state index contributed by atoms with van der Waals surface area (Å²) in [5, 5.41) is 0. The molecule has 0 radical (unpaired) electrons. The number of hydrogen-bond donors (Lipinski definition) is 1. The van der Waals surface area contributed by atoms with Crippen LogP contribution in [0.1, 0.15) is 41.5 Å². The summed E-state index contributed by atoms with van der Waals surface area (Å²) < 4.78 is 29.7. The van der Waals surface area contributed by atoms with Gasteiger partial charge in [0.1, 0.15) is 0 Å². The van der Waals surface area contributed by atoms with E-state index in [0.29, 0.717) is 0 Å². The van der Waals surface area contributed by atoms with E-state index < -0.39 is 51.1 Å². The molecule has 0 aromatic carbocycles. The number of hydrogen-bond acceptors (Lipinski definition) is 3. The summed E-state index contributed by atoms with van der Waals surface area (Å²) in [5.41, 5.74) is 0. The topological polar surface area (TPSA) is 55.8 Å². The third-order valence-electron chi connectivity index (χ3n) is 4.48. The molecule has 0 saturated heterocycles. The molecule has 0 bridgehead atoms. The molecule has 0 aromatic rings. The first-order valence-electron chi connectivity index (χ1n) is 7.52. The number of phosphoric acid groups is 1. The Kier molecular flexibility index (Phi) is 10.1. The second kappa shape index (κ2) is 9.17. The van der Waals surface area contributed by atoms with Gasteiger partial charge in [-0.05, 0) is 0 Å². The Labute approximate surface area is 129 Å². The van der Waals surface area contributed by atoms with E-state index in [4.69, 9.17) is 4.95 Å². The van der Waals surface area contributed by atoms with E-state index in [1.54, 1.807) is 0 Å². The van der Waals surface area contributed by atoms with Crippen molar-refractivity contribution in [2.45, 2.75) is 65.4 Å². The predicted octanol–water partition coefficient (Wildman–Crippen LogP) is 5.13. The van der Waals surface area contributed by atoms with Gasteiger partial charge in [-0.15, -0.1) is 0 Å². The summed E-state index contributed by atoms with van der Waals surface area (Å²) in [6, 6.07) is 0. The quantitative estimate of drug-likeness (QED) is 0.256. The molecular weight excluding hydrogens is 654 g/mol. The van der Waals surface area contributed by atoms with Gasteiger partial charge in [-0.25, -0.2) is 0 Å². The third kappa shape index (κ3) is 6.30. The van der Waals surface area contributed by atoms with E-state index in [2.05, 4.69) is 41.5 Å². The van der Waals surface area contributed by atoms with E-state index >= 15 is 0 Å². The molecule has 0 aliphatic rings. The minimum absolute atomic E-state index is 0.947. The van der Waals surface area contributed by atoms with Gasteiger partial charge in [0.2, 0.25) is 0 Å². The van der Waals surface area contributed by atoms with Crippen LogP contribution in [0.5, 0.6) is 0 Å². The van der Waals surface area contributed by atoms with Crippen molar-refractivity contribution in [3.05, 3.63) is 0 Å². The fourth-order valence-corrected chi connectivity index (χ4v) is 40.5. The van der Waals surface area contributed by atoms with Gasteiger partial charge in [0, 0.05) is 0 Å². The van der Waals surface area contributed by atoms with Crippen molar-refractivity contribution >= 4 is 51.1 Å². The molecular formula is C12H31O4PPb2. The molecule has 0 heterocycles. The van der Waals surface area contributed by atoms with Gasteiger partial charge in [-0.3, -0.25) is 0 Å². The Hall–Kier alpha value is 1.95. The van der Waals surface area contributed by atoms with Gasteiger partial charge in [-0.2, -0.15) is 0 Å². The first-order chi connectivity index (χ1) is 8.78. The van der Waals surface area contributed by atoms with Gasteiger partial charge < -0.3 is 0 Å². The van der Waals surface area contributed by atoms with Gasteiger partial charge >= 0.3 is 131 Å². The molecule has 0 spiro atoms. The Morgan fingerprint density at radius 2 is 0.947 bits per heavy atom. The summed E-state index contributed by atoms with van der Waals surface area (Å²) in [4.78, 5) is 10.2. The van der Waals surface area contributed by atoms with E-state index in [9.17, 15) is 9.46 Å². The zero-order chi connectivity index (χ0) is 15.2. The fourth-order valence-electron chi connectivity index (χ4n) is 2.40. The molecule has 0 aliphatic heterocycles. The maximum absolute atomic E-state index is 12.4. The monoisotopic (exact) mass is 686 g/mol. The fraction of sp³-hybridized carbons (Fsp3) is 1.00. The van der Waals surface area contributed by atoms with Crippen LogP contribution in [0.3, 0.4) is 0 Å². The van der Waals surface area contributed by atoms with Crippen molar-refractivity contribution in [2.75, 3.05) is 0 Å². The van der Waals surface area contributed by atoms with Crippen molar-refractivity contribution in [1.82, 2.24) is 0 Å². The average Bonchev–Trinajstić information content (AvgIpc) is 2.42. The molecule has 0 amide bonds. The summed E-state index contributed by atoms with van der Waals surface area (Å²) >= 11 is -6.06. The molecule has 19 heavy (non-hydrogen) atoms. The molecule has 0 aliphatic carbocycles. The van der Waals surface area contributed by atoms with Crippen LogP contribution in [-0.4, -0.2) is 48.1 Å². The molecule has 0 fully saturated rings. The van der Waals surface area contributed by atoms with Crippen LogP contribution in [0.2, 0.25) is 23.9 Å². The van der Waals surface area contributed by atoms with Crippen molar-refractivity contribution in [1.29, 1.82) is 0 Å². The molecule has 1 N–H and O–H groups in total. The Bertz CT molecular complexity index is 262. The van der Waals surface area contributed by atoms with Gasteiger partial charge in [-0.1, -0.05) is 0 Å². The van der Waals surface area contributed by atoms with Crippen LogP contribution in [0.4, 0.5) is 0 Å². The normalized spacial score (nSPS) is 13.8. The van der Waals surface area contributed by atoms with Crippen molar-refractivity contribution in [3.63, 3.8) is 0 Å². The predicted molar refractivity (Wildman–Crippen MR) is 86.4 cm³/mol. The summed E-state index contributed by atoms with van der Waals surface area (Å²) in [7, 11) is -3.84. The summed E-state index contributed by atoms with van der Waals surface area (Å²) in [6.45, 7) is 12.5. The second-order valence-electron chi connectivity index (χ2n) is 5.14. The molecule has 116 valence electrons. The van der Waals surface area contributed by atoms with Crippen LogP contribution < -0.4 is 0 Å². The van der Waals surface area contributed by atoms with E-state index in [-0.39, 0.29) is 0 Å². The molecule has 0 aromatic heterocycles. The summed E-state index contributed by atoms with van der Waals surface area (Å²) in [5.74, 6) is 0. The molecule has 0 unspecified atom stereocenters. The maximum atomic E-state index is 12.4. The summed E-state index contributed by atoms with van der Waals surface area (Å²) in [6.07, 6.45) is 0. The van der Waals surface area contributed by atoms with Gasteiger partial charge in [0.25, 0.3) is 0 Å². The Morgan fingerprint density at radius 3 is 1.11 bits per heavy atom. The van der Waals surface area contributed by atoms with Crippen molar-refractivity contribution in [3.8, 4) is 0 Å². The first kappa shape index (κ1) is 21.0. The van der Waals surface area contributed by atoms with Crippen molar-refractivity contribution < 1.29 is 14.4 Å². The van der Waals surface area contributed by atoms with Crippen LogP contribution in [0.25, 0.3) is 0 Å². The first-order valence-corrected chi connectivity index (χ1v) is 28.7. The minimum atomic E-state index is -3.84. The van der Waals surface area contributed by atoms with E-state index in [1.807, 2.05) is 0 Å². The van der Waals surface area contributed by atoms with Crippen LogP contribution in [0.15, 0.2) is 0 Å². The van der Waals surface area contributed by atoms with Crippen molar-refractivity contribution in [2.24, 2.45) is 0 Å². The zero-order valence-corrected chi connectivity index (χ0v) is 22.0. The molecule has 0 saturated carbocycles. The van der Waals surface area contributed by atoms with Crippen LogP contribution in [0, 0.1) is 0 Å². The molecule has 0 atom stereocenters. The second-order valence-corrected chi connectivity index (χ2v) is 45.6. The number of rotatable bonds is 10. The standard InChI is InChI=1S/6C2H5.H3O4P.2Pb/c6*1-2;1-5(2,3)4;;/h6*1H2,2H3;(H3,1,2,3,4);;/q;;;;;;;2*+1/p-2. The van der Waals surface area contributed by atoms with Crippen LogP contribution in [-0.2, 0) is 9.51 Å². The molecule has 4 nitrogen and oxygen atoms in total. The van der Waals surface area contributed by atoms with Gasteiger partial charge in [0.15, 0.2) is 0 Å². The average molecular weight is 685 g/mol. The Morgan fingerprint density at radius 1 is 0.737 bits per heavy atom. The van der Waals surface area contributed by atoms with E-state index in [1.165, 1.54) is 0 Å². The third-order valence-corrected chi connectivity index (χ3v) is 50.2. The molecule has 7 heteroatoms. The Balaban J connectivity index is 5.02. The van der Waals surface area contributed by atoms with Crippen LogP contribution >= 0.6 is 7.82 Å². The molecule has 0 rings (SSSR count). The van der Waals surface area contributed by atoms with Gasteiger partial charge in [0.05, 0.1) is 0 Å².